The number of benzene rings is 2. The van der Waals surface area contributed by atoms with Gasteiger partial charge in [-0.25, -0.2) is 9.18 Å². The highest BCUT2D eigenvalue weighted by molar-refractivity contribution is 5.90. The van der Waals surface area contributed by atoms with Crippen LogP contribution in [0.15, 0.2) is 42.5 Å². The van der Waals surface area contributed by atoms with Crippen LogP contribution in [0.5, 0.6) is 0 Å². The molecule has 0 aliphatic rings. The van der Waals surface area contributed by atoms with Crippen LogP contribution in [-0.4, -0.2) is 5.97 Å². The summed E-state index contributed by atoms with van der Waals surface area (Å²) in [5, 5.41) is 0. The lowest BCUT2D eigenvalue weighted by molar-refractivity contribution is 0.0472. The lowest BCUT2D eigenvalue weighted by Crippen LogP contribution is -2.06. The van der Waals surface area contributed by atoms with Gasteiger partial charge in [-0.05, 0) is 35.7 Å². The van der Waals surface area contributed by atoms with Gasteiger partial charge < -0.3 is 10.5 Å². The van der Waals surface area contributed by atoms with Crippen molar-refractivity contribution in [3.05, 3.63) is 65.0 Å². The molecule has 0 aliphatic carbocycles. The Labute approximate surface area is 117 Å². The van der Waals surface area contributed by atoms with Crippen molar-refractivity contribution in [2.24, 2.45) is 0 Å². The van der Waals surface area contributed by atoms with E-state index >= 15 is 0 Å². The molecule has 0 bridgehead atoms. The topological polar surface area (TPSA) is 52.3 Å². The molecular formula is C16H16FNO2. The minimum absolute atomic E-state index is 0.0632. The average Bonchev–Trinajstić information content (AvgIpc) is 2.48. The molecule has 104 valence electrons. The number of anilines is 1. The molecule has 20 heavy (non-hydrogen) atoms. The summed E-state index contributed by atoms with van der Waals surface area (Å²) < 4.78 is 18.2. The van der Waals surface area contributed by atoms with E-state index < -0.39 is 11.8 Å². The van der Waals surface area contributed by atoms with Gasteiger partial charge in [-0.3, -0.25) is 0 Å². The Morgan fingerprint density at radius 1 is 1.15 bits per heavy atom. The molecule has 2 aromatic carbocycles. The Hall–Kier alpha value is -2.36. The second-order valence-corrected chi connectivity index (χ2v) is 4.48. The summed E-state index contributed by atoms with van der Waals surface area (Å²) in [4.78, 5) is 11.8. The second kappa shape index (κ2) is 6.19. The van der Waals surface area contributed by atoms with Crippen LogP contribution in [0.3, 0.4) is 0 Å². The fourth-order valence-corrected chi connectivity index (χ4v) is 1.77. The lowest BCUT2D eigenvalue weighted by atomic mass is 10.1. The summed E-state index contributed by atoms with van der Waals surface area (Å²) in [5.41, 5.74) is 7.73. The number of halogens is 1. The summed E-state index contributed by atoms with van der Waals surface area (Å²) in [7, 11) is 0. The fourth-order valence-electron chi connectivity index (χ4n) is 1.77. The third kappa shape index (κ3) is 3.35. The minimum atomic E-state index is -0.545. The Bertz CT molecular complexity index is 608. The number of esters is 1. The Kier molecular flexibility index (Phi) is 4.35. The molecule has 2 aromatic rings. The molecule has 0 fully saturated rings. The Morgan fingerprint density at radius 3 is 2.40 bits per heavy atom. The molecule has 0 spiro atoms. The van der Waals surface area contributed by atoms with Crippen LogP contribution >= 0.6 is 0 Å². The molecule has 0 unspecified atom stereocenters. The number of nitrogen functional groups attached to an aromatic ring is 1. The molecule has 0 aromatic heterocycles. The molecule has 0 saturated carbocycles. The number of hydrogen-bond donors (Lipinski definition) is 1. The van der Waals surface area contributed by atoms with Gasteiger partial charge in [0.1, 0.15) is 12.4 Å². The zero-order valence-electron chi connectivity index (χ0n) is 11.2. The normalized spacial score (nSPS) is 10.3. The van der Waals surface area contributed by atoms with Crippen LogP contribution in [0.25, 0.3) is 0 Å². The van der Waals surface area contributed by atoms with Gasteiger partial charge in [0, 0.05) is 0 Å². The molecule has 3 nitrogen and oxygen atoms in total. The number of ether oxygens (including phenoxy) is 1. The van der Waals surface area contributed by atoms with Gasteiger partial charge >= 0.3 is 5.97 Å². The molecule has 0 aliphatic heterocycles. The minimum Gasteiger partial charge on any atom is -0.457 e. The second-order valence-electron chi connectivity index (χ2n) is 4.48. The first-order valence-corrected chi connectivity index (χ1v) is 6.40. The van der Waals surface area contributed by atoms with Crippen LogP contribution in [-0.2, 0) is 17.8 Å². The van der Waals surface area contributed by atoms with Crippen molar-refractivity contribution in [1.29, 1.82) is 0 Å². The maximum Gasteiger partial charge on any atom is 0.338 e. The van der Waals surface area contributed by atoms with E-state index in [1.165, 1.54) is 17.7 Å². The highest BCUT2D eigenvalue weighted by Gasteiger charge is 2.09. The summed E-state index contributed by atoms with van der Waals surface area (Å²) >= 11 is 0. The molecule has 0 atom stereocenters. The van der Waals surface area contributed by atoms with Crippen molar-refractivity contribution in [3.63, 3.8) is 0 Å². The van der Waals surface area contributed by atoms with Crippen LogP contribution in [0.1, 0.15) is 28.4 Å². The molecule has 2 rings (SSSR count). The van der Waals surface area contributed by atoms with Gasteiger partial charge in [0.05, 0.1) is 11.3 Å². The van der Waals surface area contributed by atoms with Gasteiger partial charge in [0.2, 0.25) is 0 Å². The fraction of sp³-hybridized carbons (Fsp3) is 0.188. The number of nitrogens with two attached hydrogens (primary N) is 1. The third-order valence-corrected chi connectivity index (χ3v) is 3.03. The zero-order chi connectivity index (χ0) is 14.5. The number of carbonyl (C=O) groups is 1. The largest absolute Gasteiger partial charge is 0.457 e. The Balaban J connectivity index is 1.98. The van der Waals surface area contributed by atoms with E-state index in [2.05, 4.69) is 6.92 Å². The smallest absolute Gasteiger partial charge is 0.338 e. The molecule has 2 N–H and O–H groups in total. The maximum absolute atomic E-state index is 13.0. The predicted molar refractivity (Wildman–Crippen MR) is 75.8 cm³/mol. The van der Waals surface area contributed by atoms with Crippen LogP contribution in [0.2, 0.25) is 0 Å². The van der Waals surface area contributed by atoms with Crippen molar-refractivity contribution < 1.29 is 13.9 Å². The predicted octanol–water partition coefficient (Wildman–Crippen LogP) is 3.33. The average molecular weight is 273 g/mol. The van der Waals surface area contributed by atoms with Gasteiger partial charge in [-0.1, -0.05) is 31.2 Å². The van der Waals surface area contributed by atoms with Gasteiger partial charge in [0.15, 0.2) is 0 Å². The van der Waals surface area contributed by atoms with Gasteiger partial charge in [-0.15, -0.1) is 0 Å². The lowest BCUT2D eigenvalue weighted by Gasteiger charge is -2.06. The maximum atomic E-state index is 13.0. The third-order valence-electron chi connectivity index (χ3n) is 3.03. The van der Waals surface area contributed by atoms with E-state index in [0.717, 1.165) is 18.1 Å². The van der Waals surface area contributed by atoms with E-state index in [4.69, 9.17) is 10.5 Å². The van der Waals surface area contributed by atoms with Crippen molar-refractivity contribution >= 4 is 11.7 Å². The van der Waals surface area contributed by atoms with Crippen molar-refractivity contribution in [2.75, 3.05) is 5.73 Å². The standard InChI is InChI=1S/C16H16FNO2/c1-2-11-3-5-12(6-4-11)10-20-16(19)13-7-8-14(17)15(18)9-13/h3-9H,2,10,18H2,1H3. The SMILES string of the molecule is CCc1ccc(COC(=O)c2ccc(F)c(N)c2)cc1. The number of rotatable bonds is 4. The first kappa shape index (κ1) is 14.1. The molecule has 0 amide bonds. The monoisotopic (exact) mass is 273 g/mol. The highest BCUT2D eigenvalue weighted by Crippen LogP contribution is 2.14. The quantitative estimate of drug-likeness (QED) is 0.686. The van der Waals surface area contributed by atoms with Gasteiger partial charge in [-0.2, -0.15) is 0 Å². The summed E-state index contributed by atoms with van der Waals surface area (Å²) in [6.45, 7) is 2.26. The number of aryl methyl sites for hydroxylation is 1. The van der Waals surface area contributed by atoms with Crippen LogP contribution in [0, 0.1) is 5.82 Å². The van der Waals surface area contributed by atoms with E-state index in [9.17, 15) is 9.18 Å². The van der Waals surface area contributed by atoms with E-state index in [1.54, 1.807) is 0 Å². The summed E-state index contributed by atoms with van der Waals surface area (Å²) in [6.07, 6.45) is 0.967. The number of carbonyl (C=O) groups excluding carboxylic acids is 1. The molecule has 0 saturated heterocycles. The van der Waals surface area contributed by atoms with E-state index in [0.29, 0.717) is 0 Å². The van der Waals surface area contributed by atoms with Crippen LogP contribution in [0.4, 0.5) is 10.1 Å². The van der Waals surface area contributed by atoms with Crippen LogP contribution < -0.4 is 5.73 Å². The van der Waals surface area contributed by atoms with Crippen molar-refractivity contribution in [3.8, 4) is 0 Å². The zero-order valence-corrected chi connectivity index (χ0v) is 11.2. The van der Waals surface area contributed by atoms with Crippen molar-refractivity contribution in [1.82, 2.24) is 0 Å². The first-order valence-electron chi connectivity index (χ1n) is 6.40. The van der Waals surface area contributed by atoms with E-state index in [1.807, 2.05) is 24.3 Å². The summed E-state index contributed by atoms with van der Waals surface area (Å²) in [5.74, 6) is -1.06. The molecular weight excluding hydrogens is 257 g/mol. The first-order chi connectivity index (χ1) is 9.60. The van der Waals surface area contributed by atoms with Crippen molar-refractivity contribution in [2.45, 2.75) is 20.0 Å². The molecule has 0 radical (unpaired) electrons. The summed E-state index contributed by atoms with van der Waals surface area (Å²) in [6, 6.07) is 11.6. The molecule has 4 heteroatoms. The van der Waals surface area contributed by atoms with E-state index in [-0.39, 0.29) is 17.9 Å². The Morgan fingerprint density at radius 2 is 1.80 bits per heavy atom. The van der Waals surface area contributed by atoms with Gasteiger partial charge in [0.25, 0.3) is 0 Å². The molecule has 0 heterocycles. The highest BCUT2D eigenvalue weighted by atomic mass is 19.1. The number of hydrogen-bond acceptors (Lipinski definition) is 3.